The van der Waals surface area contributed by atoms with Gasteiger partial charge in [0.25, 0.3) is 11.8 Å². The van der Waals surface area contributed by atoms with Crippen LogP contribution in [0.15, 0.2) is 42.5 Å². The Morgan fingerprint density at radius 2 is 1.77 bits per heavy atom. The van der Waals surface area contributed by atoms with Gasteiger partial charge in [-0.05, 0) is 42.3 Å². The first-order valence-corrected chi connectivity index (χ1v) is 9.76. The number of nitrogens with zero attached hydrogens (tertiary/aromatic N) is 1. The van der Waals surface area contributed by atoms with Gasteiger partial charge in [0, 0.05) is 30.1 Å². The molecule has 156 valence electrons. The van der Waals surface area contributed by atoms with Crippen LogP contribution in [0.1, 0.15) is 39.1 Å². The van der Waals surface area contributed by atoms with Gasteiger partial charge in [0.2, 0.25) is 11.8 Å². The average Bonchev–Trinajstić information content (AvgIpc) is 3.16. The van der Waals surface area contributed by atoms with Crippen molar-refractivity contribution < 1.29 is 19.2 Å². The summed E-state index contributed by atoms with van der Waals surface area (Å²) in [7, 11) is 0. The van der Waals surface area contributed by atoms with Crippen LogP contribution in [0, 0.1) is 0 Å². The van der Waals surface area contributed by atoms with E-state index < -0.39 is 11.8 Å². The highest BCUT2D eigenvalue weighted by molar-refractivity contribution is 6.31. The Morgan fingerprint density at radius 3 is 2.40 bits per heavy atom. The normalized spacial score (nSPS) is 13.2. The summed E-state index contributed by atoms with van der Waals surface area (Å²) in [4.78, 5) is 49.1. The summed E-state index contributed by atoms with van der Waals surface area (Å²) in [6.07, 6.45) is 1.19. The lowest BCUT2D eigenvalue weighted by atomic mass is 10.1. The van der Waals surface area contributed by atoms with Gasteiger partial charge in [0.1, 0.15) is 0 Å². The maximum absolute atomic E-state index is 12.7. The second-order valence-electron chi connectivity index (χ2n) is 6.84. The second kappa shape index (κ2) is 9.41. The quantitative estimate of drug-likeness (QED) is 0.620. The number of nitrogens with two attached hydrogens (primary N) is 1. The molecule has 1 heterocycles. The number of rotatable bonds is 7. The zero-order valence-electron chi connectivity index (χ0n) is 16.1. The van der Waals surface area contributed by atoms with Gasteiger partial charge in [-0.1, -0.05) is 23.7 Å². The van der Waals surface area contributed by atoms with Crippen LogP contribution < -0.4 is 21.3 Å². The highest BCUT2D eigenvalue weighted by Gasteiger charge is 2.26. The van der Waals surface area contributed by atoms with E-state index in [9.17, 15) is 19.2 Å². The lowest BCUT2D eigenvalue weighted by Gasteiger charge is -2.19. The highest BCUT2D eigenvalue weighted by atomic mass is 35.5. The fourth-order valence-corrected chi connectivity index (χ4v) is 3.31. The van der Waals surface area contributed by atoms with Gasteiger partial charge in [-0.15, -0.1) is 0 Å². The smallest absolute Gasteiger partial charge is 0.253 e. The van der Waals surface area contributed by atoms with Crippen LogP contribution in [-0.2, 0) is 16.1 Å². The van der Waals surface area contributed by atoms with Crippen LogP contribution in [0.3, 0.4) is 0 Å². The minimum Gasteiger partial charge on any atom is -0.368 e. The number of amides is 4. The fourth-order valence-electron chi connectivity index (χ4n) is 3.14. The molecule has 4 amide bonds. The minimum absolute atomic E-state index is 0.0310. The summed E-state index contributed by atoms with van der Waals surface area (Å²) >= 11 is 6.07. The Balaban J connectivity index is 1.65. The molecule has 8 nitrogen and oxygen atoms in total. The number of nitrogens with one attached hydrogen (secondary N) is 2. The molecular formula is C21H21ClN4O4. The molecule has 2 aromatic carbocycles. The van der Waals surface area contributed by atoms with Crippen molar-refractivity contribution in [3.05, 3.63) is 64.2 Å². The van der Waals surface area contributed by atoms with Crippen LogP contribution >= 0.6 is 11.6 Å². The summed E-state index contributed by atoms with van der Waals surface area (Å²) < 4.78 is 0. The average molecular weight is 429 g/mol. The summed E-state index contributed by atoms with van der Waals surface area (Å²) in [6, 6.07) is 11.4. The Kier molecular flexibility index (Phi) is 6.68. The van der Waals surface area contributed by atoms with Gasteiger partial charge in [-0.25, -0.2) is 0 Å². The first-order valence-electron chi connectivity index (χ1n) is 9.38. The van der Waals surface area contributed by atoms with Gasteiger partial charge in [0.05, 0.1) is 17.8 Å². The molecule has 0 saturated carbocycles. The van der Waals surface area contributed by atoms with Crippen LogP contribution in [-0.4, -0.2) is 36.7 Å². The van der Waals surface area contributed by atoms with E-state index in [2.05, 4.69) is 10.6 Å². The molecule has 3 rings (SSSR count). The number of carbonyl (C=O) groups is 4. The van der Waals surface area contributed by atoms with Crippen molar-refractivity contribution in [3.8, 4) is 0 Å². The van der Waals surface area contributed by atoms with Gasteiger partial charge in [-0.2, -0.15) is 0 Å². The predicted molar refractivity (Wildman–Crippen MR) is 112 cm³/mol. The van der Waals surface area contributed by atoms with Gasteiger partial charge in [0.15, 0.2) is 0 Å². The summed E-state index contributed by atoms with van der Waals surface area (Å²) in [5.74, 6) is -1.40. The molecule has 0 aliphatic carbocycles. The first-order chi connectivity index (χ1) is 14.3. The largest absolute Gasteiger partial charge is 0.368 e. The zero-order chi connectivity index (χ0) is 21.7. The van der Waals surface area contributed by atoms with Crippen LogP contribution in [0.4, 0.5) is 5.69 Å². The van der Waals surface area contributed by atoms with Gasteiger partial charge in [-0.3, -0.25) is 19.2 Å². The Bertz CT molecular complexity index is 991. The standard InChI is InChI=1S/C21H21ClN4O4/c22-15-7-8-16(17(10-15)26-9-1-2-19(26)28)21(30)24-11-13-3-5-14(6-4-13)20(29)25-12-18(23)27/h3-8,10H,1-2,9,11-12H2,(H2,23,27)(H,24,30)(H,25,29). The van der Waals surface area contributed by atoms with Gasteiger partial charge < -0.3 is 21.3 Å². The van der Waals surface area contributed by atoms with Crippen molar-refractivity contribution in [2.45, 2.75) is 19.4 Å². The van der Waals surface area contributed by atoms with Crippen molar-refractivity contribution in [2.24, 2.45) is 5.73 Å². The number of carbonyl (C=O) groups excluding carboxylic acids is 4. The van der Waals surface area contributed by atoms with Crippen molar-refractivity contribution in [2.75, 3.05) is 18.0 Å². The van der Waals surface area contributed by atoms with Crippen LogP contribution in [0.25, 0.3) is 0 Å². The van der Waals surface area contributed by atoms with Gasteiger partial charge >= 0.3 is 0 Å². The molecular weight excluding hydrogens is 408 g/mol. The number of hydrogen-bond acceptors (Lipinski definition) is 4. The third-order valence-electron chi connectivity index (χ3n) is 4.66. The monoisotopic (exact) mass is 428 g/mol. The molecule has 0 radical (unpaired) electrons. The van der Waals surface area contributed by atoms with E-state index >= 15 is 0 Å². The molecule has 0 aromatic heterocycles. The SMILES string of the molecule is NC(=O)CNC(=O)c1ccc(CNC(=O)c2ccc(Cl)cc2N2CCCC2=O)cc1. The second-order valence-corrected chi connectivity index (χ2v) is 7.28. The number of primary amides is 1. The third kappa shape index (κ3) is 5.15. The molecule has 0 spiro atoms. The lowest BCUT2D eigenvalue weighted by Crippen LogP contribution is -2.33. The molecule has 4 N–H and O–H groups in total. The number of anilines is 1. The molecule has 0 atom stereocenters. The molecule has 0 bridgehead atoms. The van der Waals surface area contributed by atoms with Crippen LogP contribution in [0.2, 0.25) is 5.02 Å². The summed E-state index contributed by atoms with van der Waals surface area (Å²) in [6.45, 7) is 0.552. The lowest BCUT2D eigenvalue weighted by molar-refractivity contribution is -0.117. The third-order valence-corrected chi connectivity index (χ3v) is 4.90. The zero-order valence-corrected chi connectivity index (χ0v) is 16.9. The fraction of sp³-hybridized carbons (Fsp3) is 0.238. The Morgan fingerprint density at radius 1 is 1.03 bits per heavy atom. The molecule has 9 heteroatoms. The predicted octanol–water partition coefficient (Wildman–Crippen LogP) is 1.61. The first kappa shape index (κ1) is 21.3. The van der Waals surface area contributed by atoms with E-state index in [-0.39, 0.29) is 24.9 Å². The molecule has 1 aliphatic heterocycles. The van der Waals surface area contributed by atoms with E-state index in [4.69, 9.17) is 17.3 Å². The van der Waals surface area contributed by atoms with Crippen molar-refractivity contribution in [1.82, 2.24) is 10.6 Å². The molecule has 1 saturated heterocycles. The minimum atomic E-state index is -0.625. The summed E-state index contributed by atoms with van der Waals surface area (Å²) in [5.41, 5.74) is 7.03. The van der Waals surface area contributed by atoms with E-state index in [0.29, 0.717) is 34.8 Å². The maximum Gasteiger partial charge on any atom is 0.253 e. The molecule has 30 heavy (non-hydrogen) atoms. The number of benzene rings is 2. The topological polar surface area (TPSA) is 122 Å². The number of halogens is 1. The molecule has 1 fully saturated rings. The molecule has 1 aliphatic rings. The van der Waals surface area contributed by atoms with Crippen molar-refractivity contribution in [1.29, 1.82) is 0 Å². The van der Waals surface area contributed by atoms with E-state index in [1.165, 1.54) is 0 Å². The Labute approximate surface area is 178 Å². The van der Waals surface area contributed by atoms with E-state index in [1.54, 1.807) is 47.4 Å². The molecule has 2 aromatic rings. The van der Waals surface area contributed by atoms with E-state index in [0.717, 1.165) is 12.0 Å². The van der Waals surface area contributed by atoms with Crippen LogP contribution in [0.5, 0.6) is 0 Å². The summed E-state index contributed by atoms with van der Waals surface area (Å²) in [5, 5.41) is 5.68. The molecule has 0 unspecified atom stereocenters. The Hall–Kier alpha value is -3.39. The van der Waals surface area contributed by atoms with E-state index in [1.807, 2.05) is 0 Å². The van der Waals surface area contributed by atoms with Crippen molar-refractivity contribution in [3.63, 3.8) is 0 Å². The number of hydrogen-bond donors (Lipinski definition) is 3. The van der Waals surface area contributed by atoms with Crippen molar-refractivity contribution >= 4 is 40.9 Å². The maximum atomic E-state index is 12.7. The highest BCUT2D eigenvalue weighted by Crippen LogP contribution is 2.28.